The predicted octanol–water partition coefficient (Wildman–Crippen LogP) is 1.08. The fourth-order valence-electron chi connectivity index (χ4n) is 1.63. The van der Waals surface area contributed by atoms with Gasteiger partial charge in [-0.25, -0.2) is 4.99 Å². The summed E-state index contributed by atoms with van der Waals surface area (Å²) >= 11 is 5.11. The molecule has 4 nitrogen and oxygen atoms in total. The Labute approximate surface area is 85.7 Å². The molecule has 1 aliphatic carbocycles. The second kappa shape index (κ2) is 2.68. The Balaban J connectivity index is 2.23. The minimum absolute atomic E-state index is 0.108. The van der Waals surface area contributed by atoms with Crippen LogP contribution in [-0.4, -0.2) is 25.5 Å². The van der Waals surface area contributed by atoms with E-state index in [9.17, 15) is 0 Å². The molecule has 1 aromatic rings. The highest BCUT2D eigenvalue weighted by Crippen LogP contribution is 2.22. The average molecular weight is 202 g/mol. The minimum Gasteiger partial charge on any atom is -0.299 e. The van der Waals surface area contributed by atoms with Crippen molar-refractivity contribution in [2.45, 2.75) is 6.04 Å². The first-order valence-corrected chi connectivity index (χ1v) is 4.64. The summed E-state index contributed by atoms with van der Waals surface area (Å²) in [6, 6.07) is 0.108. The van der Waals surface area contributed by atoms with Crippen LogP contribution in [0.1, 0.15) is 11.9 Å². The number of nitrogens with zero attached hydrogens (tertiary/aromatic N) is 4. The molecule has 0 N–H and O–H groups in total. The van der Waals surface area contributed by atoms with E-state index in [-0.39, 0.29) is 6.04 Å². The first kappa shape index (κ1) is 7.75. The van der Waals surface area contributed by atoms with Crippen LogP contribution in [0.2, 0.25) is 0 Å². The molecule has 3 rings (SSSR count). The monoisotopic (exact) mass is 202 g/mol. The summed E-state index contributed by atoms with van der Waals surface area (Å²) in [5.41, 5.74) is 0.949. The van der Waals surface area contributed by atoms with E-state index in [2.05, 4.69) is 15.2 Å². The topological polar surface area (TPSA) is 43.1 Å². The van der Waals surface area contributed by atoms with Gasteiger partial charge >= 0.3 is 0 Å². The molecule has 2 aliphatic rings. The molecule has 1 unspecified atom stereocenters. The summed E-state index contributed by atoms with van der Waals surface area (Å²) in [5.74, 6) is 0.675. The van der Waals surface area contributed by atoms with Gasteiger partial charge in [0.25, 0.3) is 0 Å². The Morgan fingerprint density at radius 3 is 3.21 bits per heavy atom. The number of fused-ring (bicyclic) bond motifs is 3. The van der Waals surface area contributed by atoms with Crippen LogP contribution in [0.5, 0.6) is 0 Å². The van der Waals surface area contributed by atoms with Gasteiger partial charge < -0.3 is 0 Å². The lowest BCUT2D eigenvalue weighted by Gasteiger charge is -2.22. The quantitative estimate of drug-likeness (QED) is 0.591. The first-order chi connectivity index (χ1) is 6.86. The van der Waals surface area contributed by atoms with Gasteiger partial charge in [0.2, 0.25) is 0 Å². The van der Waals surface area contributed by atoms with Crippen molar-refractivity contribution in [3.05, 3.63) is 36.5 Å². The van der Waals surface area contributed by atoms with Crippen molar-refractivity contribution in [3.8, 4) is 0 Å². The minimum atomic E-state index is 0.108. The highest BCUT2D eigenvalue weighted by atomic mass is 32.1. The van der Waals surface area contributed by atoms with Crippen LogP contribution in [0.3, 0.4) is 0 Å². The predicted molar refractivity (Wildman–Crippen MR) is 56.5 cm³/mol. The van der Waals surface area contributed by atoms with Crippen molar-refractivity contribution < 1.29 is 0 Å². The van der Waals surface area contributed by atoms with Crippen molar-refractivity contribution in [3.63, 3.8) is 0 Å². The van der Waals surface area contributed by atoms with Gasteiger partial charge in [-0.05, 0) is 6.08 Å². The molecule has 0 radical (unpaired) electrons. The lowest BCUT2D eigenvalue weighted by molar-refractivity contribution is 0.736. The maximum absolute atomic E-state index is 5.11. The van der Waals surface area contributed by atoms with Gasteiger partial charge in [0.1, 0.15) is 6.33 Å². The second-order valence-corrected chi connectivity index (χ2v) is 3.48. The van der Waals surface area contributed by atoms with Gasteiger partial charge in [-0.2, -0.15) is 0 Å². The highest BCUT2D eigenvalue weighted by Gasteiger charge is 2.25. The molecule has 14 heavy (non-hydrogen) atoms. The fourth-order valence-corrected chi connectivity index (χ4v) is 1.88. The van der Waals surface area contributed by atoms with Crippen molar-refractivity contribution in [1.29, 1.82) is 0 Å². The highest BCUT2D eigenvalue weighted by molar-refractivity contribution is 7.80. The number of hydrogen-bond donors (Lipinski definition) is 0. The SMILES string of the molecule is S=C1N=C2C=CC=CC2n2cnnc21. The summed E-state index contributed by atoms with van der Waals surface area (Å²) in [5, 5.41) is 7.77. The fraction of sp³-hybridized carbons (Fsp3) is 0.111. The van der Waals surface area contributed by atoms with Gasteiger partial charge in [0.15, 0.2) is 10.8 Å². The Kier molecular flexibility index (Phi) is 1.49. The molecule has 5 heteroatoms. The van der Waals surface area contributed by atoms with E-state index in [1.54, 1.807) is 6.33 Å². The van der Waals surface area contributed by atoms with Crippen LogP contribution in [0.25, 0.3) is 0 Å². The van der Waals surface area contributed by atoms with Gasteiger partial charge in [-0.3, -0.25) is 4.57 Å². The number of allylic oxidation sites excluding steroid dienone is 4. The zero-order valence-electron chi connectivity index (χ0n) is 7.16. The summed E-state index contributed by atoms with van der Waals surface area (Å²) in [4.78, 5) is 4.81. The molecule has 68 valence electrons. The van der Waals surface area contributed by atoms with Crippen LogP contribution in [0.15, 0.2) is 35.6 Å². The Morgan fingerprint density at radius 1 is 1.36 bits per heavy atom. The van der Waals surface area contributed by atoms with Crippen LogP contribution >= 0.6 is 12.2 Å². The first-order valence-electron chi connectivity index (χ1n) is 4.23. The molecule has 0 bridgehead atoms. The molecule has 1 atom stereocenters. The van der Waals surface area contributed by atoms with Crippen LogP contribution < -0.4 is 0 Å². The molecular weight excluding hydrogens is 196 g/mol. The van der Waals surface area contributed by atoms with Crippen molar-refractivity contribution in [2.24, 2.45) is 4.99 Å². The normalized spacial score (nSPS) is 23.0. The smallest absolute Gasteiger partial charge is 0.194 e. The van der Waals surface area contributed by atoms with Crippen LogP contribution in [0.4, 0.5) is 0 Å². The lowest BCUT2D eigenvalue weighted by Crippen LogP contribution is -2.26. The molecule has 0 saturated carbocycles. The zero-order valence-corrected chi connectivity index (χ0v) is 7.98. The van der Waals surface area contributed by atoms with Crippen LogP contribution in [-0.2, 0) is 0 Å². The third-order valence-corrected chi connectivity index (χ3v) is 2.54. The molecule has 0 spiro atoms. The molecule has 0 fully saturated rings. The second-order valence-electron chi connectivity index (χ2n) is 3.09. The van der Waals surface area contributed by atoms with E-state index >= 15 is 0 Å². The molecular formula is C9H6N4S. The maximum Gasteiger partial charge on any atom is 0.194 e. The van der Waals surface area contributed by atoms with E-state index in [1.165, 1.54) is 0 Å². The average Bonchev–Trinajstić information content (AvgIpc) is 2.67. The molecule has 0 saturated heterocycles. The third-order valence-electron chi connectivity index (χ3n) is 2.27. The summed E-state index contributed by atoms with van der Waals surface area (Å²) in [6.07, 6.45) is 9.63. The van der Waals surface area contributed by atoms with E-state index in [1.807, 2.05) is 28.9 Å². The summed E-state index contributed by atoms with van der Waals surface area (Å²) in [7, 11) is 0. The standard InChI is InChI=1S/C9H6N4S/c14-9-8-12-10-5-13(8)7-4-2-1-3-6(7)11-9/h1-5,7H. The number of aliphatic imine (C=N–C) groups is 1. The number of hydrogen-bond acceptors (Lipinski definition) is 3. The number of aromatic nitrogens is 3. The van der Waals surface area contributed by atoms with Gasteiger partial charge in [-0.15, -0.1) is 10.2 Å². The Bertz CT molecular complexity index is 495. The van der Waals surface area contributed by atoms with Crippen molar-refractivity contribution in [1.82, 2.24) is 14.8 Å². The Morgan fingerprint density at radius 2 is 2.29 bits per heavy atom. The van der Waals surface area contributed by atoms with Gasteiger partial charge in [0.05, 0.1) is 11.8 Å². The zero-order chi connectivity index (χ0) is 9.54. The summed E-state index contributed by atoms with van der Waals surface area (Å²) in [6.45, 7) is 0. The third kappa shape index (κ3) is 0.927. The molecule has 1 aliphatic heterocycles. The molecule has 1 aromatic heterocycles. The van der Waals surface area contributed by atoms with Crippen molar-refractivity contribution >= 4 is 22.9 Å². The largest absolute Gasteiger partial charge is 0.299 e. The van der Waals surface area contributed by atoms with Crippen LogP contribution in [0, 0.1) is 0 Å². The number of thiocarbonyl (C=S) groups is 1. The molecule has 0 aromatic carbocycles. The van der Waals surface area contributed by atoms with Gasteiger partial charge in [-0.1, -0.05) is 30.4 Å². The Hall–Kier alpha value is -1.62. The van der Waals surface area contributed by atoms with E-state index in [4.69, 9.17) is 12.2 Å². The maximum atomic E-state index is 5.11. The van der Waals surface area contributed by atoms with Crippen molar-refractivity contribution in [2.75, 3.05) is 0 Å². The van der Waals surface area contributed by atoms with E-state index in [0.29, 0.717) is 10.8 Å². The van der Waals surface area contributed by atoms with E-state index < -0.39 is 0 Å². The van der Waals surface area contributed by atoms with E-state index in [0.717, 1.165) is 5.71 Å². The lowest BCUT2D eigenvalue weighted by atomic mass is 10.1. The molecule has 2 heterocycles. The summed E-state index contributed by atoms with van der Waals surface area (Å²) < 4.78 is 1.94. The van der Waals surface area contributed by atoms with Gasteiger partial charge in [0, 0.05) is 0 Å². The molecule has 0 amide bonds. The number of rotatable bonds is 0.